The van der Waals surface area contributed by atoms with Crippen molar-refractivity contribution in [3.8, 4) is 0 Å². The van der Waals surface area contributed by atoms with Gasteiger partial charge < -0.3 is 10.2 Å². The molecular weight excluding hydrogens is 393 g/mol. The molecule has 1 aliphatic carbocycles. The van der Waals surface area contributed by atoms with Crippen molar-refractivity contribution in [2.45, 2.75) is 62.6 Å². The second kappa shape index (κ2) is 10.8. The summed E-state index contributed by atoms with van der Waals surface area (Å²) in [6, 6.07) is 7.94. The van der Waals surface area contributed by atoms with Gasteiger partial charge in [0.15, 0.2) is 0 Å². The Bertz CT molecular complexity index is 634. The molecule has 2 N–H and O–H groups in total. The average molecular weight is 424 g/mol. The number of hydrogen-bond donors (Lipinski definition) is 2. The van der Waals surface area contributed by atoms with E-state index in [2.05, 4.69) is 21.9 Å². The third kappa shape index (κ3) is 6.36. The summed E-state index contributed by atoms with van der Waals surface area (Å²) in [6.07, 6.45) is 6.03. The van der Waals surface area contributed by atoms with Crippen molar-refractivity contribution < 1.29 is 8.42 Å². The molecule has 1 heterocycles. The van der Waals surface area contributed by atoms with Crippen LogP contribution in [0.1, 0.15) is 44.6 Å². The molecule has 5 nitrogen and oxygen atoms in total. The summed E-state index contributed by atoms with van der Waals surface area (Å²) in [7, 11) is -3.42. The summed E-state index contributed by atoms with van der Waals surface area (Å²) < 4.78 is 27.9. The van der Waals surface area contributed by atoms with Crippen LogP contribution in [-0.4, -0.2) is 45.0 Å². The Morgan fingerprint density at radius 1 is 1.04 bits per heavy atom. The molecule has 0 unspecified atom stereocenters. The molecule has 8 heteroatoms. The van der Waals surface area contributed by atoms with E-state index in [9.17, 15) is 8.42 Å². The zero-order valence-electron chi connectivity index (χ0n) is 15.3. The lowest BCUT2D eigenvalue weighted by Crippen LogP contribution is -2.37. The summed E-state index contributed by atoms with van der Waals surface area (Å²) in [4.78, 5) is 2.63. The van der Waals surface area contributed by atoms with Crippen LogP contribution in [-0.2, 0) is 16.6 Å². The first-order valence-corrected chi connectivity index (χ1v) is 10.6. The Labute approximate surface area is 170 Å². The zero-order valence-corrected chi connectivity index (χ0v) is 17.8. The number of nitrogens with one attached hydrogen (secondary N) is 2. The largest absolute Gasteiger partial charge is 0.310 e. The number of likely N-dealkylation sites (tertiary alicyclic amines) is 1. The minimum Gasteiger partial charge on any atom is -0.310 e. The predicted octanol–water partition coefficient (Wildman–Crippen LogP) is 2.93. The molecule has 1 saturated carbocycles. The van der Waals surface area contributed by atoms with Crippen LogP contribution < -0.4 is 10.0 Å². The van der Waals surface area contributed by atoms with Gasteiger partial charge in [-0.1, -0.05) is 31.9 Å². The fourth-order valence-electron chi connectivity index (χ4n) is 3.68. The SMILES string of the molecule is CCN1CC[C@H](NS(=O)(=O)c2ccc(CNC3CCCC3)cc2)C1.Cl.Cl. The Hall–Kier alpha value is -0.370. The standard InChI is InChI=1S/C18H29N3O2S.2ClH/c1-2-21-12-11-17(14-21)20-24(22,23)18-9-7-15(8-10-18)13-19-16-5-3-4-6-16;;/h7-10,16-17,19-20H,2-6,11-14H2,1H3;2*1H/t17-;;/m0../s1. The highest BCUT2D eigenvalue weighted by atomic mass is 35.5. The Kier molecular flexibility index (Phi) is 9.86. The monoisotopic (exact) mass is 423 g/mol. The van der Waals surface area contributed by atoms with Crippen LogP contribution in [0, 0.1) is 0 Å². The van der Waals surface area contributed by atoms with E-state index in [4.69, 9.17) is 0 Å². The van der Waals surface area contributed by atoms with Gasteiger partial charge >= 0.3 is 0 Å². The molecule has 0 spiro atoms. The van der Waals surface area contributed by atoms with Gasteiger partial charge in [0.2, 0.25) is 10.0 Å². The smallest absolute Gasteiger partial charge is 0.240 e. The van der Waals surface area contributed by atoms with Crippen molar-refractivity contribution in [2.24, 2.45) is 0 Å². The molecule has 1 saturated heterocycles. The number of benzene rings is 1. The highest BCUT2D eigenvalue weighted by Crippen LogP contribution is 2.19. The van der Waals surface area contributed by atoms with Gasteiger partial charge in [0.25, 0.3) is 0 Å². The molecular formula is C18H31Cl2N3O2S. The molecule has 3 rings (SSSR count). The summed E-state index contributed by atoms with van der Waals surface area (Å²) in [5, 5.41) is 3.56. The van der Waals surface area contributed by atoms with Gasteiger partial charge in [-0.05, 0) is 50.0 Å². The van der Waals surface area contributed by atoms with Gasteiger partial charge in [-0.3, -0.25) is 0 Å². The highest BCUT2D eigenvalue weighted by molar-refractivity contribution is 7.89. The molecule has 1 aromatic rings. The summed E-state index contributed by atoms with van der Waals surface area (Å²) in [5.74, 6) is 0. The average Bonchev–Trinajstić information content (AvgIpc) is 3.24. The normalized spacial score (nSPS) is 21.3. The quantitative estimate of drug-likeness (QED) is 0.707. The molecule has 26 heavy (non-hydrogen) atoms. The van der Waals surface area contributed by atoms with E-state index in [1.54, 1.807) is 12.1 Å². The molecule has 0 aromatic heterocycles. The molecule has 1 aliphatic heterocycles. The first kappa shape index (κ1) is 23.7. The maximum absolute atomic E-state index is 12.5. The predicted molar refractivity (Wildman–Crippen MR) is 111 cm³/mol. The molecule has 1 atom stereocenters. The fourth-order valence-corrected chi connectivity index (χ4v) is 4.94. The van der Waals surface area contributed by atoms with Crippen molar-refractivity contribution in [2.75, 3.05) is 19.6 Å². The number of nitrogens with zero attached hydrogens (tertiary/aromatic N) is 1. The van der Waals surface area contributed by atoms with Gasteiger partial charge in [-0.2, -0.15) is 0 Å². The second-order valence-corrected chi connectivity index (χ2v) is 8.72. The van der Waals surface area contributed by atoms with Crippen LogP contribution in [0.4, 0.5) is 0 Å². The first-order chi connectivity index (χ1) is 11.6. The lowest BCUT2D eigenvalue weighted by Gasteiger charge is -2.15. The third-order valence-corrected chi connectivity index (χ3v) is 6.76. The van der Waals surface area contributed by atoms with Gasteiger partial charge in [0.05, 0.1) is 4.90 Å². The van der Waals surface area contributed by atoms with Gasteiger partial charge in [-0.15, -0.1) is 24.8 Å². The number of sulfonamides is 1. The van der Waals surface area contributed by atoms with E-state index in [1.165, 1.54) is 25.7 Å². The lowest BCUT2D eigenvalue weighted by molar-refractivity contribution is 0.351. The van der Waals surface area contributed by atoms with Crippen LogP contribution in [0.2, 0.25) is 0 Å². The van der Waals surface area contributed by atoms with Gasteiger partial charge in [0.1, 0.15) is 0 Å². The van der Waals surface area contributed by atoms with Crippen molar-refractivity contribution >= 4 is 34.8 Å². The lowest BCUT2D eigenvalue weighted by atomic mass is 10.2. The zero-order chi connectivity index (χ0) is 17.0. The minimum absolute atomic E-state index is 0. The van der Waals surface area contributed by atoms with E-state index in [1.807, 2.05) is 12.1 Å². The van der Waals surface area contributed by atoms with Gasteiger partial charge in [-0.25, -0.2) is 13.1 Å². The van der Waals surface area contributed by atoms with Crippen molar-refractivity contribution in [1.29, 1.82) is 0 Å². The van der Waals surface area contributed by atoms with Crippen LogP contribution >= 0.6 is 24.8 Å². The Morgan fingerprint density at radius 2 is 1.69 bits per heavy atom. The molecule has 2 fully saturated rings. The second-order valence-electron chi connectivity index (χ2n) is 7.01. The van der Waals surface area contributed by atoms with Crippen molar-refractivity contribution in [3.05, 3.63) is 29.8 Å². The molecule has 0 radical (unpaired) electrons. The topological polar surface area (TPSA) is 61.4 Å². The van der Waals surface area contributed by atoms with Crippen molar-refractivity contribution in [1.82, 2.24) is 14.9 Å². The van der Waals surface area contributed by atoms with E-state index in [-0.39, 0.29) is 30.9 Å². The number of likely N-dealkylation sites (N-methyl/N-ethyl adjacent to an activating group) is 1. The van der Waals surface area contributed by atoms with Gasteiger partial charge in [0, 0.05) is 25.2 Å². The highest BCUT2D eigenvalue weighted by Gasteiger charge is 2.26. The maximum atomic E-state index is 12.5. The van der Waals surface area contributed by atoms with Crippen LogP contribution in [0.25, 0.3) is 0 Å². The Balaban J connectivity index is 0.00000169. The van der Waals surface area contributed by atoms with E-state index < -0.39 is 10.0 Å². The number of rotatable bonds is 7. The number of hydrogen-bond acceptors (Lipinski definition) is 4. The third-order valence-electron chi connectivity index (χ3n) is 5.23. The van der Waals surface area contributed by atoms with E-state index in [0.717, 1.165) is 38.2 Å². The summed E-state index contributed by atoms with van der Waals surface area (Å²) in [6.45, 7) is 5.66. The fraction of sp³-hybridized carbons (Fsp3) is 0.667. The molecule has 0 amide bonds. The minimum atomic E-state index is -3.42. The Morgan fingerprint density at radius 3 is 2.27 bits per heavy atom. The van der Waals surface area contributed by atoms with E-state index in [0.29, 0.717) is 10.9 Å². The molecule has 1 aromatic carbocycles. The van der Waals surface area contributed by atoms with Crippen LogP contribution in [0.5, 0.6) is 0 Å². The first-order valence-electron chi connectivity index (χ1n) is 9.14. The van der Waals surface area contributed by atoms with Crippen molar-refractivity contribution in [3.63, 3.8) is 0 Å². The summed E-state index contributed by atoms with van der Waals surface area (Å²) in [5.41, 5.74) is 1.14. The van der Waals surface area contributed by atoms with Crippen LogP contribution in [0.3, 0.4) is 0 Å². The molecule has 2 aliphatic rings. The summed E-state index contributed by atoms with van der Waals surface area (Å²) >= 11 is 0. The number of halogens is 2. The maximum Gasteiger partial charge on any atom is 0.240 e. The van der Waals surface area contributed by atoms with E-state index >= 15 is 0 Å². The van der Waals surface area contributed by atoms with Crippen LogP contribution in [0.15, 0.2) is 29.2 Å². The molecule has 0 bridgehead atoms. The molecule has 150 valence electrons.